The Morgan fingerprint density at radius 3 is 2.42 bits per heavy atom. The fourth-order valence-corrected chi connectivity index (χ4v) is 6.90. The van der Waals surface area contributed by atoms with Gasteiger partial charge in [-0.2, -0.15) is 0 Å². The quantitative estimate of drug-likeness (QED) is 0.299. The van der Waals surface area contributed by atoms with E-state index in [9.17, 15) is 14.7 Å². The van der Waals surface area contributed by atoms with Crippen molar-refractivity contribution in [2.75, 3.05) is 38.2 Å². The lowest BCUT2D eigenvalue weighted by molar-refractivity contribution is -0.127. The van der Waals surface area contributed by atoms with Crippen molar-refractivity contribution in [2.24, 2.45) is 4.99 Å². The second-order valence-electron chi connectivity index (χ2n) is 10.4. The predicted octanol–water partition coefficient (Wildman–Crippen LogP) is 4.82. The van der Waals surface area contributed by atoms with Crippen LogP contribution in [0.5, 0.6) is 11.5 Å². The first-order valence-electron chi connectivity index (χ1n) is 14.7. The molecule has 43 heavy (non-hydrogen) atoms. The van der Waals surface area contributed by atoms with Crippen molar-refractivity contribution in [3.05, 3.63) is 96.7 Å². The number of likely N-dealkylation sites (N-methyl/N-ethyl adjacent to an activating group) is 1. The van der Waals surface area contributed by atoms with Gasteiger partial charge in [-0.1, -0.05) is 41.7 Å². The molecule has 0 saturated carbocycles. The van der Waals surface area contributed by atoms with Crippen molar-refractivity contribution in [3.63, 3.8) is 0 Å². The molecule has 0 spiro atoms. The fraction of sp³-hybridized carbons (Fsp3) is 0.324. The van der Waals surface area contributed by atoms with Crippen molar-refractivity contribution in [1.82, 2.24) is 9.47 Å². The molecule has 1 aliphatic heterocycles. The number of carbonyl (C=O) groups excluding carboxylic acids is 1. The zero-order valence-corrected chi connectivity index (χ0v) is 26.4. The third-order valence-electron chi connectivity index (χ3n) is 8.16. The van der Waals surface area contributed by atoms with Crippen molar-refractivity contribution in [2.45, 2.75) is 40.7 Å². The van der Waals surface area contributed by atoms with E-state index in [2.05, 4.69) is 18.7 Å². The van der Waals surface area contributed by atoms with Crippen LogP contribution in [0.15, 0.2) is 75.7 Å². The molecule has 1 aromatic heterocycles. The van der Waals surface area contributed by atoms with Crippen LogP contribution < -0.4 is 24.5 Å². The minimum Gasteiger partial charge on any atom is -0.507 e. The van der Waals surface area contributed by atoms with Gasteiger partial charge in [-0.05, 0) is 69.7 Å². The van der Waals surface area contributed by atoms with Crippen LogP contribution in [0, 0.1) is 0 Å². The van der Waals surface area contributed by atoms with E-state index in [0.29, 0.717) is 45.0 Å². The van der Waals surface area contributed by atoms with Crippen LogP contribution in [0.25, 0.3) is 16.8 Å². The molecule has 1 aliphatic rings. The van der Waals surface area contributed by atoms with Gasteiger partial charge in [0.2, 0.25) is 0 Å². The number of hydrogen-bond acceptors (Lipinski definition) is 7. The molecule has 4 aromatic rings. The van der Waals surface area contributed by atoms with E-state index < -0.39 is 6.04 Å². The van der Waals surface area contributed by atoms with Crippen LogP contribution in [0.3, 0.4) is 0 Å². The number of phenols is 1. The third-order valence-corrected chi connectivity index (χ3v) is 9.14. The summed E-state index contributed by atoms with van der Waals surface area (Å²) in [6, 6.07) is 16.5. The summed E-state index contributed by atoms with van der Waals surface area (Å²) in [5.74, 6) is 0.517. The second kappa shape index (κ2) is 12.5. The molecule has 0 radical (unpaired) electrons. The smallest absolute Gasteiger partial charge is 0.271 e. The SMILES string of the molecule is CCN(CC)C(=O)C1=C(C)N=c2s/c(=C/c3ccc(N(CC)CC)cc3O)c(=O)n2[C@@H]1c1c(OC)ccc2ccccc12. The Kier molecular flexibility index (Phi) is 8.73. The molecule has 5 rings (SSSR count). The molecule has 1 N–H and O–H groups in total. The second-order valence-corrected chi connectivity index (χ2v) is 11.4. The van der Waals surface area contributed by atoms with E-state index >= 15 is 0 Å². The minimum atomic E-state index is -0.758. The number of amides is 1. The molecular formula is C34H38N4O4S. The van der Waals surface area contributed by atoms with Gasteiger partial charge in [0.05, 0.1) is 22.9 Å². The summed E-state index contributed by atoms with van der Waals surface area (Å²) >= 11 is 1.25. The normalized spacial score (nSPS) is 14.9. The first kappa shape index (κ1) is 30.1. The standard InChI is InChI=1S/C34H38N4O4S/c1-7-36(8-2)24-17-15-23(26(39)20-24)19-28-32(40)38-31(30-25-14-12-11-13-22(25)16-18-27(30)42-6)29(21(5)35-34(38)43-28)33(41)37(9-3)10-4/h11-20,31,39H,7-10H2,1-6H3/b28-19+/t31-/m0/s1. The fourth-order valence-electron chi connectivity index (χ4n) is 5.87. The number of rotatable bonds is 9. The topological polar surface area (TPSA) is 87.4 Å². The monoisotopic (exact) mass is 598 g/mol. The summed E-state index contributed by atoms with van der Waals surface area (Å²) in [5.41, 5.74) is 2.92. The van der Waals surface area contributed by atoms with Gasteiger partial charge in [-0.3, -0.25) is 14.2 Å². The average Bonchev–Trinajstić information content (AvgIpc) is 3.32. The Morgan fingerprint density at radius 2 is 1.77 bits per heavy atom. The Labute approximate surface area is 255 Å². The van der Waals surface area contributed by atoms with E-state index in [1.165, 1.54) is 11.3 Å². The van der Waals surface area contributed by atoms with Gasteiger partial charge < -0.3 is 19.6 Å². The summed E-state index contributed by atoms with van der Waals surface area (Å²) in [5, 5.41) is 12.8. The van der Waals surface area contributed by atoms with E-state index in [1.54, 1.807) is 28.7 Å². The Bertz CT molecular complexity index is 1900. The van der Waals surface area contributed by atoms with E-state index in [4.69, 9.17) is 9.73 Å². The number of fused-ring (bicyclic) bond motifs is 2. The number of hydrogen-bond donors (Lipinski definition) is 1. The maximum Gasteiger partial charge on any atom is 0.271 e. The van der Waals surface area contributed by atoms with E-state index in [1.807, 2.05) is 69.3 Å². The molecule has 1 atom stereocenters. The van der Waals surface area contributed by atoms with E-state index in [0.717, 1.165) is 35.1 Å². The molecule has 0 bridgehead atoms. The number of thiazole rings is 1. The Hall–Kier alpha value is -4.37. The van der Waals surface area contributed by atoms with Gasteiger partial charge in [-0.25, -0.2) is 4.99 Å². The summed E-state index contributed by atoms with van der Waals surface area (Å²) in [7, 11) is 1.60. The number of ether oxygens (including phenoxy) is 1. The maximum absolute atomic E-state index is 14.3. The molecule has 0 fully saturated rings. The highest BCUT2D eigenvalue weighted by atomic mass is 32.1. The number of phenolic OH excluding ortho intramolecular Hbond substituents is 1. The van der Waals surface area contributed by atoms with Gasteiger partial charge in [0.15, 0.2) is 4.80 Å². The number of carbonyl (C=O) groups is 1. The lowest BCUT2D eigenvalue weighted by Crippen LogP contribution is -2.43. The first-order chi connectivity index (χ1) is 20.8. The van der Waals surface area contributed by atoms with Crippen molar-refractivity contribution >= 4 is 39.8 Å². The van der Waals surface area contributed by atoms with Crippen LogP contribution >= 0.6 is 11.3 Å². The molecule has 0 aliphatic carbocycles. The zero-order chi connectivity index (χ0) is 30.8. The van der Waals surface area contributed by atoms with Gasteiger partial charge in [0.25, 0.3) is 11.5 Å². The zero-order valence-electron chi connectivity index (χ0n) is 25.5. The van der Waals surface area contributed by atoms with Crippen LogP contribution in [0.2, 0.25) is 0 Å². The highest BCUT2D eigenvalue weighted by molar-refractivity contribution is 7.07. The van der Waals surface area contributed by atoms with Gasteiger partial charge in [0.1, 0.15) is 17.5 Å². The lowest BCUT2D eigenvalue weighted by atomic mass is 9.90. The number of anilines is 1. The minimum absolute atomic E-state index is 0.0936. The lowest BCUT2D eigenvalue weighted by Gasteiger charge is -2.30. The van der Waals surface area contributed by atoms with Crippen molar-refractivity contribution in [3.8, 4) is 11.5 Å². The number of allylic oxidation sites excluding steroid dienone is 1. The molecule has 9 heteroatoms. The number of aromatic nitrogens is 1. The molecule has 0 unspecified atom stereocenters. The molecule has 1 amide bonds. The van der Waals surface area contributed by atoms with Crippen molar-refractivity contribution in [1.29, 1.82) is 0 Å². The van der Waals surface area contributed by atoms with E-state index in [-0.39, 0.29) is 17.2 Å². The van der Waals surface area contributed by atoms with Crippen LogP contribution in [0.1, 0.15) is 51.8 Å². The van der Waals surface area contributed by atoms with Crippen molar-refractivity contribution < 1.29 is 14.6 Å². The largest absolute Gasteiger partial charge is 0.507 e. The van der Waals surface area contributed by atoms with Gasteiger partial charge in [0, 0.05) is 49.1 Å². The summed E-state index contributed by atoms with van der Waals surface area (Å²) in [6.45, 7) is 12.5. The molecular weight excluding hydrogens is 560 g/mol. The molecule has 2 heterocycles. The number of aromatic hydroxyl groups is 1. The Balaban J connectivity index is 1.78. The van der Waals surface area contributed by atoms with Crippen LogP contribution in [0.4, 0.5) is 5.69 Å². The van der Waals surface area contributed by atoms with Gasteiger partial charge in [-0.15, -0.1) is 0 Å². The highest BCUT2D eigenvalue weighted by Gasteiger charge is 2.36. The van der Waals surface area contributed by atoms with Crippen LogP contribution in [-0.4, -0.2) is 53.8 Å². The van der Waals surface area contributed by atoms with Gasteiger partial charge >= 0.3 is 0 Å². The third kappa shape index (κ3) is 5.33. The maximum atomic E-state index is 14.3. The first-order valence-corrected chi connectivity index (χ1v) is 15.5. The average molecular weight is 599 g/mol. The van der Waals surface area contributed by atoms with Crippen LogP contribution in [-0.2, 0) is 4.79 Å². The highest BCUT2D eigenvalue weighted by Crippen LogP contribution is 2.40. The number of nitrogens with zero attached hydrogens (tertiary/aromatic N) is 4. The summed E-state index contributed by atoms with van der Waals surface area (Å²) in [4.78, 5) is 37.6. The number of methoxy groups -OCH3 is 1. The number of benzene rings is 3. The predicted molar refractivity (Wildman–Crippen MR) is 174 cm³/mol. The molecule has 8 nitrogen and oxygen atoms in total. The summed E-state index contributed by atoms with van der Waals surface area (Å²) in [6.07, 6.45) is 1.70. The molecule has 0 saturated heterocycles. The Morgan fingerprint density at radius 1 is 1.05 bits per heavy atom. The summed E-state index contributed by atoms with van der Waals surface area (Å²) < 4.78 is 7.90. The molecule has 224 valence electrons. The molecule has 3 aromatic carbocycles.